The van der Waals surface area contributed by atoms with Crippen molar-refractivity contribution >= 4 is 17.5 Å². The van der Waals surface area contributed by atoms with E-state index >= 15 is 0 Å². The van der Waals surface area contributed by atoms with Gasteiger partial charge in [-0.05, 0) is 25.0 Å². The van der Waals surface area contributed by atoms with E-state index in [0.29, 0.717) is 19.0 Å². The van der Waals surface area contributed by atoms with Crippen LogP contribution < -0.4 is 15.0 Å². The summed E-state index contributed by atoms with van der Waals surface area (Å²) < 4.78 is 5.50. The lowest BCUT2D eigenvalue weighted by molar-refractivity contribution is -0.133. The summed E-state index contributed by atoms with van der Waals surface area (Å²) in [6, 6.07) is 8.60. The zero-order valence-corrected chi connectivity index (χ0v) is 17.0. The minimum absolute atomic E-state index is 0.0859. The molecule has 7 nitrogen and oxygen atoms in total. The van der Waals surface area contributed by atoms with E-state index in [4.69, 9.17) is 4.74 Å². The lowest BCUT2D eigenvalue weighted by Crippen LogP contribution is -2.56. The van der Waals surface area contributed by atoms with Crippen LogP contribution in [0.25, 0.3) is 0 Å². The van der Waals surface area contributed by atoms with Crippen LogP contribution in [0.4, 0.5) is 5.69 Å². The molecule has 0 radical (unpaired) electrons. The molecule has 154 valence electrons. The summed E-state index contributed by atoms with van der Waals surface area (Å²) in [5.41, 5.74) is 1.16. The number of nitrogens with one attached hydrogen (secondary N) is 1. The van der Waals surface area contributed by atoms with Crippen LogP contribution in [-0.2, 0) is 9.59 Å². The van der Waals surface area contributed by atoms with Gasteiger partial charge < -0.3 is 19.9 Å². The number of hydrogen-bond acceptors (Lipinski definition) is 5. The number of amides is 2. The number of anilines is 1. The van der Waals surface area contributed by atoms with Crippen LogP contribution in [0.3, 0.4) is 0 Å². The first-order chi connectivity index (χ1) is 13.6. The zero-order valence-electron chi connectivity index (χ0n) is 17.0. The van der Waals surface area contributed by atoms with Gasteiger partial charge in [0.1, 0.15) is 5.75 Å². The summed E-state index contributed by atoms with van der Waals surface area (Å²) in [4.78, 5) is 30.3. The molecule has 1 aromatic rings. The van der Waals surface area contributed by atoms with E-state index in [9.17, 15) is 9.59 Å². The molecule has 1 aromatic carbocycles. The SMILES string of the molecule is COc1ccccc1N1CCN(C2CCCN(C(=O)CCNC(C)=O)C2)CC1. The van der Waals surface area contributed by atoms with Crippen molar-refractivity contribution in [2.45, 2.75) is 32.2 Å². The number of benzene rings is 1. The highest BCUT2D eigenvalue weighted by atomic mass is 16.5. The summed E-state index contributed by atoms with van der Waals surface area (Å²) in [7, 11) is 1.72. The fourth-order valence-electron chi connectivity index (χ4n) is 4.20. The van der Waals surface area contributed by atoms with E-state index in [-0.39, 0.29) is 11.8 Å². The predicted octanol–water partition coefficient (Wildman–Crippen LogP) is 1.33. The van der Waals surface area contributed by atoms with Gasteiger partial charge in [0.25, 0.3) is 0 Å². The highest BCUT2D eigenvalue weighted by Crippen LogP contribution is 2.29. The number of methoxy groups -OCH3 is 1. The Kier molecular flexibility index (Phi) is 7.14. The Morgan fingerprint density at radius 1 is 1.14 bits per heavy atom. The molecule has 2 heterocycles. The van der Waals surface area contributed by atoms with Crippen LogP contribution in [0.15, 0.2) is 24.3 Å². The molecule has 3 rings (SSSR count). The minimum atomic E-state index is -0.0859. The van der Waals surface area contributed by atoms with Crippen LogP contribution in [-0.4, -0.2) is 80.6 Å². The number of para-hydroxylation sites is 2. The van der Waals surface area contributed by atoms with Gasteiger partial charge in [0.2, 0.25) is 11.8 Å². The number of piperazine rings is 1. The number of hydrogen-bond donors (Lipinski definition) is 1. The maximum atomic E-state index is 12.4. The third kappa shape index (κ3) is 5.16. The number of carbonyl (C=O) groups is 2. The lowest BCUT2D eigenvalue weighted by Gasteiger charge is -2.44. The average Bonchev–Trinajstić information content (AvgIpc) is 2.73. The van der Waals surface area contributed by atoms with Crippen molar-refractivity contribution < 1.29 is 14.3 Å². The van der Waals surface area contributed by atoms with Gasteiger partial charge in [-0.15, -0.1) is 0 Å². The molecule has 1 atom stereocenters. The second-order valence-electron chi connectivity index (χ2n) is 7.56. The fraction of sp³-hybridized carbons (Fsp3) is 0.619. The largest absolute Gasteiger partial charge is 0.495 e. The number of nitrogens with zero attached hydrogens (tertiary/aromatic N) is 3. The topological polar surface area (TPSA) is 65.1 Å². The van der Waals surface area contributed by atoms with E-state index in [1.807, 2.05) is 17.0 Å². The summed E-state index contributed by atoms with van der Waals surface area (Å²) in [6.07, 6.45) is 2.57. The van der Waals surface area contributed by atoms with Crippen molar-refractivity contribution in [3.05, 3.63) is 24.3 Å². The van der Waals surface area contributed by atoms with Gasteiger partial charge in [-0.1, -0.05) is 12.1 Å². The van der Waals surface area contributed by atoms with Gasteiger partial charge in [0.05, 0.1) is 12.8 Å². The normalized spacial score (nSPS) is 20.7. The Bertz CT molecular complexity index is 673. The molecular weight excluding hydrogens is 356 g/mol. The van der Waals surface area contributed by atoms with E-state index in [0.717, 1.165) is 63.5 Å². The maximum absolute atomic E-state index is 12.4. The Morgan fingerprint density at radius 3 is 2.61 bits per heavy atom. The molecule has 2 amide bonds. The molecule has 7 heteroatoms. The molecule has 2 fully saturated rings. The Hall–Kier alpha value is -2.28. The number of piperidine rings is 1. The van der Waals surface area contributed by atoms with Gasteiger partial charge in [0.15, 0.2) is 0 Å². The Labute approximate surface area is 167 Å². The van der Waals surface area contributed by atoms with Crippen molar-refractivity contribution in [1.82, 2.24) is 15.1 Å². The van der Waals surface area contributed by atoms with Crippen LogP contribution in [0.5, 0.6) is 5.75 Å². The smallest absolute Gasteiger partial charge is 0.224 e. The number of carbonyl (C=O) groups excluding carboxylic acids is 2. The molecule has 0 saturated carbocycles. The highest BCUT2D eigenvalue weighted by Gasteiger charge is 2.30. The molecule has 0 bridgehead atoms. The second-order valence-corrected chi connectivity index (χ2v) is 7.56. The first-order valence-electron chi connectivity index (χ1n) is 10.2. The molecule has 2 saturated heterocycles. The molecule has 0 aliphatic carbocycles. The standard InChI is InChI=1S/C21H32N4O3/c1-17(26)22-10-9-21(27)25-11-5-6-18(16-25)23-12-14-24(15-13-23)19-7-3-4-8-20(19)28-2/h3-4,7-8,18H,5-6,9-16H2,1-2H3,(H,22,26). The summed E-state index contributed by atoms with van der Waals surface area (Å²) >= 11 is 0. The van der Waals surface area contributed by atoms with E-state index in [1.54, 1.807) is 7.11 Å². The molecule has 2 aliphatic rings. The molecular formula is C21H32N4O3. The van der Waals surface area contributed by atoms with Gasteiger partial charge in [-0.25, -0.2) is 0 Å². The van der Waals surface area contributed by atoms with Gasteiger partial charge in [-0.3, -0.25) is 14.5 Å². The Morgan fingerprint density at radius 2 is 1.89 bits per heavy atom. The third-order valence-corrected chi connectivity index (χ3v) is 5.72. The van der Waals surface area contributed by atoms with Gasteiger partial charge in [-0.2, -0.15) is 0 Å². The molecule has 1 unspecified atom stereocenters. The van der Waals surface area contributed by atoms with Crippen LogP contribution in [0.1, 0.15) is 26.2 Å². The van der Waals surface area contributed by atoms with Crippen molar-refractivity contribution in [2.24, 2.45) is 0 Å². The van der Waals surface area contributed by atoms with E-state index < -0.39 is 0 Å². The monoisotopic (exact) mass is 388 g/mol. The fourth-order valence-corrected chi connectivity index (χ4v) is 4.20. The number of ether oxygens (including phenoxy) is 1. The van der Waals surface area contributed by atoms with Crippen molar-refractivity contribution in [3.8, 4) is 5.75 Å². The van der Waals surface area contributed by atoms with Crippen molar-refractivity contribution in [1.29, 1.82) is 0 Å². The lowest BCUT2D eigenvalue weighted by atomic mass is 10.0. The minimum Gasteiger partial charge on any atom is -0.495 e. The average molecular weight is 389 g/mol. The first-order valence-corrected chi connectivity index (χ1v) is 10.2. The quantitative estimate of drug-likeness (QED) is 0.797. The predicted molar refractivity (Wildman–Crippen MR) is 110 cm³/mol. The second kappa shape index (κ2) is 9.78. The van der Waals surface area contributed by atoms with Gasteiger partial charge in [0, 0.05) is 65.2 Å². The zero-order chi connectivity index (χ0) is 19.9. The van der Waals surface area contributed by atoms with Gasteiger partial charge >= 0.3 is 0 Å². The van der Waals surface area contributed by atoms with Crippen molar-refractivity contribution in [3.63, 3.8) is 0 Å². The maximum Gasteiger partial charge on any atom is 0.224 e. The van der Waals surface area contributed by atoms with Crippen molar-refractivity contribution in [2.75, 3.05) is 57.8 Å². The van der Waals surface area contributed by atoms with Crippen LogP contribution in [0.2, 0.25) is 0 Å². The van der Waals surface area contributed by atoms with E-state index in [2.05, 4.69) is 27.2 Å². The summed E-state index contributed by atoms with van der Waals surface area (Å²) in [5.74, 6) is 0.980. The molecule has 0 aromatic heterocycles. The first kappa shape index (κ1) is 20.5. The van der Waals surface area contributed by atoms with Crippen LogP contribution >= 0.6 is 0 Å². The van der Waals surface area contributed by atoms with Crippen LogP contribution in [0, 0.1) is 0 Å². The summed E-state index contributed by atoms with van der Waals surface area (Å²) in [5, 5.41) is 2.71. The third-order valence-electron chi connectivity index (χ3n) is 5.72. The number of rotatable bonds is 6. The highest BCUT2D eigenvalue weighted by molar-refractivity contribution is 5.78. The summed E-state index contributed by atoms with van der Waals surface area (Å²) in [6.45, 7) is 7.46. The Balaban J connectivity index is 1.50. The number of likely N-dealkylation sites (tertiary alicyclic amines) is 1. The molecule has 2 aliphatic heterocycles. The molecule has 1 N–H and O–H groups in total. The van der Waals surface area contributed by atoms with E-state index in [1.165, 1.54) is 6.92 Å². The molecule has 0 spiro atoms. The molecule has 28 heavy (non-hydrogen) atoms.